The fraction of sp³-hybridized carbons (Fsp3) is 0.360. The molecule has 1 unspecified atom stereocenters. The molecule has 1 atom stereocenters. The van der Waals surface area contributed by atoms with E-state index in [9.17, 15) is 14.4 Å². The number of rotatable bonds is 6. The van der Waals surface area contributed by atoms with Crippen molar-refractivity contribution in [3.05, 3.63) is 59.2 Å². The summed E-state index contributed by atoms with van der Waals surface area (Å²) in [6.07, 6.45) is 0. The highest BCUT2D eigenvalue weighted by molar-refractivity contribution is 7.22. The van der Waals surface area contributed by atoms with Crippen LogP contribution in [0.25, 0.3) is 10.2 Å². The van der Waals surface area contributed by atoms with Crippen molar-refractivity contribution in [1.29, 1.82) is 0 Å². The molecule has 3 heterocycles. The van der Waals surface area contributed by atoms with Crippen LogP contribution in [0.1, 0.15) is 40.1 Å². The molecular weight excluding hydrogens is 452 g/mol. The van der Waals surface area contributed by atoms with Gasteiger partial charge in [0.05, 0.1) is 34.6 Å². The molecule has 34 heavy (non-hydrogen) atoms. The molecule has 1 N–H and O–H groups in total. The molecule has 0 bridgehead atoms. The summed E-state index contributed by atoms with van der Waals surface area (Å²) < 4.78 is 6.39. The van der Waals surface area contributed by atoms with Crippen molar-refractivity contribution in [2.24, 2.45) is 5.92 Å². The Morgan fingerprint density at radius 1 is 1.09 bits per heavy atom. The van der Waals surface area contributed by atoms with Gasteiger partial charge in [-0.05, 0) is 35.7 Å². The largest absolute Gasteiger partial charge is 0.379 e. The lowest BCUT2D eigenvalue weighted by molar-refractivity contribution is -0.121. The number of benzene rings is 2. The van der Waals surface area contributed by atoms with E-state index < -0.39 is 23.8 Å². The quantitative estimate of drug-likeness (QED) is 0.546. The first-order valence-electron chi connectivity index (χ1n) is 11.4. The molecule has 5 rings (SSSR count). The Bertz CT molecular complexity index is 1230. The highest BCUT2D eigenvalue weighted by Crippen LogP contribution is 2.30. The van der Waals surface area contributed by atoms with Crippen LogP contribution in [-0.2, 0) is 16.1 Å². The zero-order valence-electron chi connectivity index (χ0n) is 19.1. The molecule has 3 aromatic rings. The Morgan fingerprint density at radius 3 is 2.41 bits per heavy atom. The number of nitrogens with zero attached hydrogens (tertiary/aromatic N) is 3. The Morgan fingerprint density at radius 2 is 1.76 bits per heavy atom. The lowest BCUT2D eigenvalue weighted by atomic mass is 10.0. The summed E-state index contributed by atoms with van der Waals surface area (Å²) in [5.74, 6) is -1.56. The molecule has 2 aliphatic rings. The molecule has 1 aromatic heterocycles. The van der Waals surface area contributed by atoms with Crippen LogP contribution in [0.15, 0.2) is 42.5 Å². The smallest absolute Gasteiger partial charge is 0.262 e. The summed E-state index contributed by atoms with van der Waals surface area (Å²) in [6.45, 7) is 7.82. The van der Waals surface area contributed by atoms with Crippen LogP contribution in [0.5, 0.6) is 0 Å². The van der Waals surface area contributed by atoms with Crippen molar-refractivity contribution >= 4 is 44.4 Å². The van der Waals surface area contributed by atoms with Crippen LogP contribution in [-0.4, -0.2) is 64.9 Å². The molecule has 176 valence electrons. The van der Waals surface area contributed by atoms with E-state index in [-0.39, 0.29) is 5.92 Å². The van der Waals surface area contributed by atoms with Crippen molar-refractivity contribution in [3.63, 3.8) is 0 Å². The number of thiazole rings is 1. The molecule has 1 fully saturated rings. The van der Waals surface area contributed by atoms with Crippen molar-refractivity contribution in [1.82, 2.24) is 14.8 Å². The zero-order valence-corrected chi connectivity index (χ0v) is 19.9. The van der Waals surface area contributed by atoms with Crippen LogP contribution in [0.3, 0.4) is 0 Å². The number of morpholine rings is 1. The Kier molecular flexibility index (Phi) is 6.16. The fourth-order valence-corrected chi connectivity index (χ4v) is 5.43. The Balaban J connectivity index is 1.34. The second kappa shape index (κ2) is 9.25. The second-order valence-electron chi connectivity index (χ2n) is 8.91. The number of carbonyl (C=O) groups excluding carboxylic acids is 3. The summed E-state index contributed by atoms with van der Waals surface area (Å²) in [6, 6.07) is 11.8. The monoisotopic (exact) mass is 478 g/mol. The van der Waals surface area contributed by atoms with Gasteiger partial charge in [0.15, 0.2) is 5.13 Å². The van der Waals surface area contributed by atoms with Gasteiger partial charge in [0.1, 0.15) is 6.04 Å². The lowest BCUT2D eigenvalue weighted by Gasteiger charge is -2.27. The van der Waals surface area contributed by atoms with Gasteiger partial charge >= 0.3 is 0 Å². The zero-order chi connectivity index (χ0) is 23.8. The summed E-state index contributed by atoms with van der Waals surface area (Å²) in [5.41, 5.74) is 2.65. The molecule has 0 saturated carbocycles. The first kappa shape index (κ1) is 22.6. The average molecular weight is 479 g/mol. The van der Waals surface area contributed by atoms with E-state index in [4.69, 9.17) is 4.74 Å². The molecule has 2 aliphatic heterocycles. The van der Waals surface area contributed by atoms with E-state index in [0.717, 1.165) is 48.0 Å². The highest BCUT2D eigenvalue weighted by atomic mass is 32.1. The van der Waals surface area contributed by atoms with Gasteiger partial charge in [0.2, 0.25) is 5.91 Å². The molecule has 1 saturated heterocycles. The number of imide groups is 1. The SMILES string of the molecule is CC(C)C(C(=O)Nc1nc2ccc(CN3CCOCC3)cc2s1)N1C(=O)c2ccccc2C1=O. The topological polar surface area (TPSA) is 91.8 Å². The van der Waals surface area contributed by atoms with Crippen molar-refractivity contribution < 1.29 is 19.1 Å². The highest BCUT2D eigenvalue weighted by Gasteiger charge is 2.44. The molecular formula is C25H26N4O4S. The molecule has 8 nitrogen and oxygen atoms in total. The lowest BCUT2D eigenvalue weighted by Crippen LogP contribution is -2.50. The third-order valence-corrected chi connectivity index (χ3v) is 7.13. The predicted molar refractivity (Wildman–Crippen MR) is 130 cm³/mol. The molecule has 9 heteroatoms. The minimum Gasteiger partial charge on any atom is -0.379 e. The van der Waals surface area contributed by atoms with Crippen LogP contribution in [0.2, 0.25) is 0 Å². The van der Waals surface area contributed by atoms with E-state index in [1.165, 1.54) is 16.9 Å². The number of nitrogens with one attached hydrogen (secondary N) is 1. The van der Waals surface area contributed by atoms with E-state index in [0.29, 0.717) is 16.3 Å². The fourth-order valence-electron chi connectivity index (χ4n) is 4.50. The maximum absolute atomic E-state index is 13.3. The summed E-state index contributed by atoms with van der Waals surface area (Å²) in [5, 5.41) is 3.30. The van der Waals surface area contributed by atoms with Gasteiger partial charge in [-0.3, -0.25) is 24.2 Å². The third-order valence-electron chi connectivity index (χ3n) is 6.20. The first-order valence-corrected chi connectivity index (χ1v) is 12.2. The number of ether oxygens (including phenoxy) is 1. The Labute approximate surface area is 201 Å². The summed E-state index contributed by atoms with van der Waals surface area (Å²) in [7, 11) is 0. The normalized spacial score (nSPS) is 17.4. The van der Waals surface area contributed by atoms with E-state index in [1.54, 1.807) is 24.3 Å². The average Bonchev–Trinajstić information content (AvgIpc) is 3.33. The van der Waals surface area contributed by atoms with Gasteiger partial charge in [0, 0.05) is 19.6 Å². The standard InChI is InChI=1S/C25H26N4O4S/c1-15(2)21(29-23(31)17-5-3-4-6-18(17)24(29)32)22(30)27-25-26-19-8-7-16(13-20(19)34-25)14-28-9-11-33-12-10-28/h3-8,13,15,21H,9-12,14H2,1-2H3,(H,26,27,30). The molecule has 3 amide bonds. The minimum absolute atomic E-state index is 0.267. The van der Waals surface area contributed by atoms with Crippen LogP contribution in [0.4, 0.5) is 5.13 Å². The van der Waals surface area contributed by atoms with Crippen molar-refractivity contribution in [3.8, 4) is 0 Å². The van der Waals surface area contributed by atoms with E-state index >= 15 is 0 Å². The van der Waals surface area contributed by atoms with Crippen LogP contribution < -0.4 is 5.32 Å². The van der Waals surface area contributed by atoms with Gasteiger partial charge in [-0.25, -0.2) is 4.98 Å². The van der Waals surface area contributed by atoms with Crippen molar-refractivity contribution in [2.45, 2.75) is 26.4 Å². The van der Waals surface area contributed by atoms with Gasteiger partial charge in [-0.15, -0.1) is 0 Å². The van der Waals surface area contributed by atoms with Gasteiger partial charge in [-0.2, -0.15) is 0 Å². The molecule has 0 radical (unpaired) electrons. The van der Waals surface area contributed by atoms with E-state index in [2.05, 4.69) is 27.3 Å². The van der Waals surface area contributed by atoms with Gasteiger partial charge in [0.25, 0.3) is 11.8 Å². The van der Waals surface area contributed by atoms with Gasteiger partial charge in [-0.1, -0.05) is 43.4 Å². The van der Waals surface area contributed by atoms with Crippen LogP contribution in [0, 0.1) is 5.92 Å². The minimum atomic E-state index is -0.934. The number of aromatic nitrogens is 1. The Hall–Kier alpha value is -3.14. The first-order chi connectivity index (χ1) is 16.4. The second-order valence-corrected chi connectivity index (χ2v) is 9.94. The van der Waals surface area contributed by atoms with Crippen LogP contribution >= 0.6 is 11.3 Å². The number of carbonyl (C=O) groups is 3. The summed E-state index contributed by atoms with van der Waals surface area (Å²) >= 11 is 1.39. The van der Waals surface area contributed by atoms with E-state index in [1.807, 2.05) is 19.9 Å². The summed E-state index contributed by atoms with van der Waals surface area (Å²) in [4.78, 5) is 47.2. The number of anilines is 1. The number of hydrogen-bond acceptors (Lipinski definition) is 7. The maximum atomic E-state index is 13.3. The molecule has 0 spiro atoms. The number of amides is 3. The predicted octanol–water partition coefficient (Wildman–Crippen LogP) is 3.39. The number of hydrogen-bond donors (Lipinski definition) is 1. The molecule has 0 aliphatic carbocycles. The van der Waals surface area contributed by atoms with Gasteiger partial charge < -0.3 is 10.1 Å². The third kappa shape index (κ3) is 4.22. The maximum Gasteiger partial charge on any atom is 0.262 e. The molecule has 2 aromatic carbocycles. The number of fused-ring (bicyclic) bond motifs is 2. The van der Waals surface area contributed by atoms with Crippen molar-refractivity contribution in [2.75, 3.05) is 31.6 Å².